The first-order valence-electron chi connectivity index (χ1n) is 9.37. The summed E-state index contributed by atoms with van der Waals surface area (Å²) in [6, 6.07) is 17.2. The molecule has 4 nitrogen and oxygen atoms in total. The Labute approximate surface area is 162 Å². The molecule has 0 aliphatic rings. The smallest absolute Gasteiger partial charge is 0.242 e. The van der Waals surface area contributed by atoms with E-state index in [9.17, 15) is 9.59 Å². The number of amides is 2. The lowest BCUT2D eigenvalue weighted by molar-refractivity contribution is -0.140. The maximum atomic E-state index is 13.1. The second kappa shape index (κ2) is 8.85. The Hall–Kier alpha value is -2.62. The monoisotopic (exact) mass is 366 g/mol. The van der Waals surface area contributed by atoms with E-state index in [1.54, 1.807) is 11.8 Å². The average molecular weight is 367 g/mol. The number of aryl methyl sites for hydroxylation is 1. The fourth-order valence-corrected chi connectivity index (χ4v) is 2.82. The minimum atomic E-state index is -0.553. The summed E-state index contributed by atoms with van der Waals surface area (Å²) in [5, 5.41) is 2.98. The molecule has 0 fully saturated rings. The van der Waals surface area contributed by atoms with Gasteiger partial charge in [-0.05, 0) is 45.7 Å². The van der Waals surface area contributed by atoms with Crippen molar-refractivity contribution >= 4 is 11.8 Å². The van der Waals surface area contributed by atoms with Crippen LogP contribution in [0, 0.1) is 6.92 Å². The van der Waals surface area contributed by atoms with Gasteiger partial charge in [-0.15, -0.1) is 0 Å². The molecule has 2 aromatic carbocycles. The Morgan fingerprint density at radius 3 is 2.11 bits per heavy atom. The second-order valence-corrected chi connectivity index (χ2v) is 8.08. The van der Waals surface area contributed by atoms with Gasteiger partial charge in [-0.1, -0.05) is 60.2 Å². The van der Waals surface area contributed by atoms with Gasteiger partial charge in [-0.2, -0.15) is 0 Å². The largest absolute Gasteiger partial charge is 0.350 e. The molecule has 0 saturated heterocycles. The summed E-state index contributed by atoms with van der Waals surface area (Å²) in [7, 11) is 0. The van der Waals surface area contributed by atoms with E-state index in [4.69, 9.17) is 0 Å². The minimum Gasteiger partial charge on any atom is -0.350 e. The summed E-state index contributed by atoms with van der Waals surface area (Å²) >= 11 is 0. The van der Waals surface area contributed by atoms with E-state index in [2.05, 4.69) is 5.32 Å². The van der Waals surface area contributed by atoms with Crippen molar-refractivity contribution in [3.8, 4) is 0 Å². The Balaban J connectivity index is 2.21. The van der Waals surface area contributed by atoms with Crippen LogP contribution in [0.25, 0.3) is 0 Å². The highest BCUT2D eigenvalue weighted by Crippen LogP contribution is 2.14. The van der Waals surface area contributed by atoms with Gasteiger partial charge in [0.25, 0.3) is 0 Å². The van der Waals surface area contributed by atoms with Crippen LogP contribution in [0.1, 0.15) is 44.4 Å². The maximum Gasteiger partial charge on any atom is 0.242 e. The van der Waals surface area contributed by atoms with Crippen LogP contribution in [0.2, 0.25) is 0 Å². The fourth-order valence-electron chi connectivity index (χ4n) is 2.82. The van der Waals surface area contributed by atoms with Crippen molar-refractivity contribution in [2.75, 3.05) is 0 Å². The van der Waals surface area contributed by atoms with Crippen molar-refractivity contribution in [1.29, 1.82) is 0 Å². The predicted octanol–water partition coefficient (Wildman–Crippen LogP) is 3.87. The van der Waals surface area contributed by atoms with Crippen LogP contribution in [0.15, 0.2) is 54.6 Å². The van der Waals surface area contributed by atoms with Crippen molar-refractivity contribution in [1.82, 2.24) is 10.2 Å². The molecular formula is C23H30N2O2. The molecule has 1 N–H and O–H groups in total. The topological polar surface area (TPSA) is 49.4 Å². The van der Waals surface area contributed by atoms with Gasteiger partial charge in [-0.3, -0.25) is 9.59 Å². The molecule has 0 spiro atoms. The quantitative estimate of drug-likeness (QED) is 0.844. The van der Waals surface area contributed by atoms with E-state index in [1.807, 2.05) is 82.3 Å². The fraction of sp³-hybridized carbons (Fsp3) is 0.391. The molecule has 144 valence electrons. The zero-order valence-electron chi connectivity index (χ0n) is 17.0. The van der Waals surface area contributed by atoms with E-state index < -0.39 is 6.04 Å². The molecule has 0 radical (unpaired) electrons. The highest BCUT2D eigenvalue weighted by molar-refractivity contribution is 5.88. The molecule has 0 unspecified atom stereocenters. The van der Waals surface area contributed by atoms with Gasteiger partial charge in [0.15, 0.2) is 0 Å². The first kappa shape index (κ1) is 20.7. The van der Waals surface area contributed by atoms with Crippen LogP contribution in [-0.2, 0) is 22.6 Å². The van der Waals surface area contributed by atoms with Gasteiger partial charge in [-0.25, -0.2) is 0 Å². The van der Waals surface area contributed by atoms with Crippen molar-refractivity contribution in [2.45, 2.75) is 59.2 Å². The first-order valence-corrected chi connectivity index (χ1v) is 9.37. The molecule has 0 saturated carbocycles. The van der Waals surface area contributed by atoms with E-state index in [-0.39, 0.29) is 23.8 Å². The molecule has 27 heavy (non-hydrogen) atoms. The van der Waals surface area contributed by atoms with Gasteiger partial charge >= 0.3 is 0 Å². The molecule has 4 heteroatoms. The van der Waals surface area contributed by atoms with Crippen LogP contribution in [-0.4, -0.2) is 28.3 Å². The lowest BCUT2D eigenvalue weighted by Gasteiger charge is -2.31. The molecule has 0 bridgehead atoms. The minimum absolute atomic E-state index is 0.0562. The number of rotatable bonds is 6. The van der Waals surface area contributed by atoms with Crippen LogP contribution in [0.5, 0.6) is 0 Å². The van der Waals surface area contributed by atoms with Crippen LogP contribution < -0.4 is 5.32 Å². The zero-order valence-corrected chi connectivity index (χ0v) is 17.0. The molecule has 2 aromatic rings. The van der Waals surface area contributed by atoms with Gasteiger partial charge in [0.2, 0.25) is 11.8 Å². The average Bonchev–Trinajstić information content (AvgIpc) is 2.60. The van der Waals surface area contributed by atoms with Gasteiger partial charge < -0.3 is 10.2 Å². The number of hydrogen-bond acceptors (Lipinski definition) is 2. The number of nitrogens with zero attached hydrogens (tertiary/aromatic N) is 1. The maximum absolute atomic E-state index is 13.1. The van der Waals surface area contributed by atoms with E-state index >= 15 is 0 Å². The molecule has 2 rings (SSSR count). The van der Waals surface area contributed by atoms with Gasteiger partial charge in [0.1, 0.15) is 6.04 Å². The summed E-state index contributed by atoms with van der Waals surface area (Å²) < 4.78 is 0. The van der Waals surface area contributed by atoms with E-state index in [0.717, 1.165) is 16.7 Å². The summed E-state index contributed by atoms with van der Waals surface area (Å²) in [6.07, 6.45) is 0.278. The zero-order chi connectivity index (χ0) is 20.0. The Kier molecular flexibility index (Phi) is 6.78. The van der Waals surface area contributed by atoms with Crippen molar-refractivity contribution in [2.24, 2.45) is 0 Å². The summed E-state index contributed by atoms with van der Waals surface area (Å²) in [5.74, 6) is -0.199. The Bertz CT molecular complexity index is 761. The first-order chi connectivity index (χ1) is 12.7. The highest BCUT2D eigenvalue weighted by Gasteiger charge is 2.28. The molecule has 0 aliphatic carbocycles. The standard InChI is InChI=1S/C23H30N2O2/c1-17-11-13-19(14-12-17)15-21(26)25(16-20-9-7-6-8-10-20)18(2)22(27)24-23(3,4)5/h6-14,18H,15-16H2,1-5H3,(H,24,27)/t18-/m1/s1. The summed E-state index contributed by atoms with van der Waals surface area (Å²) in [6.45, 7) is 10.0. The number of nitrogens with one attached hydrogen (secondary N) is 1. The highest BCUT2D eigenvalue weighted by atomic mass is 16.2. The third kappa shape index (κ3) is 6.55. The Morgan fingerprint density at radius 1 is 0.963 bits per heavy atom. The number of carbonyl (C=O) groups is 2. The third-order valence-electron chi connectivity index (χ3n) is 4.34. The predicted molar refractivity (Wildman–Crippen MR) is 109 cm³/mol. The van der Waals surface area contributed by atoms with Gasteiger partial charge in [0, 0.05) is 12.1 Å². The second-order valence-electron chi connectivity index (χ2n) is 8.08. The van der Waals surface area contributed by atoms with Crippen molar-refractivity contribution in [3.63, 3.8) is 0 Å². The normalized spacial score (nSPS) is 12.3. The third-order valence-corrected chi connectivity index (χ3v) is 4.34. The number of hydrogen-bond donors (Lipinski definition) is 1. The lowest BCUT2D eigenvalue weighted by atomic mass is 10.1. The summed E-state index contributed by atoms with van der Waals surface area (Å²) in [4.78, 5) is 27.4. The number of carbonyl (C=O) groups excluding carboxylic acids is 2. The van der Waals surface area contributed by atoms with Crippen LogP contribution >= 0.6 is 0 Å². The SMILES string of the molecule is Cc1ccc(CC(=O)N(Cc2ccccc2)[C@H](C)C(=O)NC(C)(C)C)cc1. The van der Waals surface area contributed by atoms with E-state index in [1.165, 1.54) is 0 Å². The van der Waals surface area contributed by atoms with Crippen LogP contribution in [0.3, 0.4) is 0 Å². The lowest BCUT2D eigenvalue weighted by Crippen LogP contribution is -2.52. The van der Waals surface area contributed by atoms with Crippen molar-refractivity contribution in [3.05, 3.63) is 71.3 Å². The molecule has 0 aliphatic heterocycles. The van der Waals surface area contributed by atoms with Gasteiger partial charge in [0.05, 0.1) is 6.42 Å². The van der Waals surface area contributed by atoms with E-state index in [0.29, 0.717) is 6.54 Å². The van der Waals surface area contributed by atoms with Crippen LogP contribution in [0.4, 0.5) is 0 Å². The molecule has 2 amide bonds. The molecule has 0 heterocycles. The number of benzene rings is 2. The Morgan fingerprint density at radius 2 is 1.56 bits per heavy atom. The van der Waals surface area contributed by atoms with Crippen molar-refractivity contribution < 1.29 is 9.59 Å². The molecule has 0 aromatic heterocycles. The summed E-state index contributed by atoms with van der Waals surface area (Å²) in [5.41, 5.74) is 2.77. The molecular weight excluding hydrogens is 336 g/mol. The molecule has 1 atom stereocenters.